The third-order valence-corrected chi connectivity index (χ3v) is 4.78. The second-order valence-corrected chi connectivity index (χ2v) is 7.20. The lowest BCUT2D eigenvalue weighted by atomic mass is 9.82. The minimum atomic E-state index is 0.173. The van der Waals surface area contributed by atoms with Crippen molar-refractivity contribution in [1.82, 2.24) is 10.3 Å². The van der Waals surface area contributed by atoms with Gasteiger partial charge < -0.3 is 19.5 Å². The highest BCUT2D eigenvalue weighted by Crippen LogP contribution is 2.28. The number of pyridine rings is 1. The van der Waals surface area contributed by atoms with Crippen LogP contribution in [0.3, 0.4) is 0 Å². The first-order valence-electron chi connectivity index (χ1n) is 8.64. The van der Waals surface area contributed by atoms with Crippen LogP contribution < -0.4 is 10.1 Å². The molecule has 0 spiro atoms. The highest BCUT2D eigenvalue weighted by Gasteiger charge is 2.32. The third kappa shape index (κ3) is 4.66. The molecule has 1 N–H and O–H groups in total. The summed E-state index contributed by atoms with van der Waals surface area (Å²) in [6, 6.07) is 4.58. The van der Waals surface area contributed by atoms with E-state index in [0.717, 1.165) is 58.1 Å². The molecule has 1 unspecified atom stereocenters. The third-order valence-electron chi connectivity index (χ3n) is 4.78. The summed E-state index contributed by atoms with van der Waals surface area (Å²) in [6.07, 6.45) is 5.01. The molecule has 0 radical (unpaired) electrons. The molecule has 0 aliphatic carbocycles. The van der Waals surface area contributed by atoms with Crippen molar-refractivity contribution >= 4 is 0 Å². The molecule has 3 rings (SSSR count). The molecule has 1 aromatic rings. The molecule has 2 saturated heterocycles. The van der Waals surface area contributed by atoms with Crippen molar-refractivity contribution in [3.8, 4) is 5.88 Å². The maximum absolute atomic E-state index is 5.99. The first-order valence-corrected chi connectivity index (χ1v) is 8.64. The van der Waals surface area contributed by atoms with Crippen molar-refractivity contribution in [2.45, 2.75) is 51.8 Å². The van der Waals surface area contributed by atoms with Crippen LogP contribution in [0.1, 0.15) is 38.7 Å². The molecular weight excluding hydrogens is 292 g/mol. The van der Waals surface area contributed by atoms with E-state index in [9.17, 15) is 0 Å². The van der Waals surface area contributed by atoms with E-state index in [1.165, 1.54) is 5.56 Å². The fraction of sp³-hybridized carbons (Fsp3) is 0.722. The first-order chi connectivity index (χ1) is 11.1. The standard InChI is InChI=1S/C18H28N2O3/c1-18(2)13-22-10-6-16(18)20-12-14-3-7-19-17(11-14)23-15-4-8-21-9-5-15/h3,7,11,15-16,20H,4-6,8-10,12-13H2,1-2H3. The van der Waals surface area contributed by atoms with E-state index in [0.29, 0.717) is 6.04 Å². The van der Waals surface area contributed by atoms with Crippen LogP contribution in [0.15, 0.2) is 18.3 Å². The number of ether oxygens (including phenoxy) is 3. The maximum atomic E-state index is 5.99. The first kappa shape index (κ1) is 16.7. The second kappa shape index (κ2) is 7.60. The maximum Gasteiger partial charge on any atom is 0.213 e. The molecular formula is C18H28N2O3. The van der Waals surface area contributed by atoms with E-state index in [-0.39, 0.29) is 11.5 Å². The smallest absolute Gasteiger partial charge is 0.213 e. The van der Waals surface area contributed by atoms with Gasteiger partial charge in [-0.3, -0.25) is 0 Å². The average molecular weight is 320 g/mol. The van der Waals surface area contributed by atoms with Crippen LogP contribution in [0.5, 0.6) is 5.88 Å². The van der Waals surface area contributed by atoms with Crippen molar-refractivity contribution in [3.05, 3.63) is 23.9 Å². The normalized spacial score (nSPS) is 25.2. The molecule has 0 amide bonds. The van der Waals surface area contributed by atoms with Crippen molar-refractivity contribution in [2.24, 2.45) is 5.41 Å². The summed E-state index contributed by atoms with van der Waals surface area (Å²) in [5.74, 6) is 0.724. The molecule has 2 aliphatic heterocycles. The van der Waals surface area contributed by atoms with Crippen LogP contribution in [0, 0.1) is 5.41 Å². The Morgan fingerprint density at radius 3 is 2.78 bits per heavy atom. The highest BCUT2D eigenvalue weighted by molar-refractivity contribution is 5.20. The monoisotopic (exact) mass is 320 g/mol. The van der Waals surface area contributed by atoms with E-state index in [2.05, 4.69) is 36.3 Å². The van der Waals surface area contributed by atoms with Crippen LogP contribution in [-0.2, 0) is 16.0 Å². The summed E-state index contributed by atoms with van der Waals surface area (Å²) in [7, 11) is 0. The summed E-state index contributed by atoms with van der Waals surface area (Å²) < 4.78 is 16.9. The Balaban J connectivity index is 1.54. The van der Waals surface area contributed by atoms with Gasteiger partial charge in [0.15, 0.2) is 0 Å². The molecule has 1 aromatic heterocycles. The van der Waals surface area contributed by atoms with Gasteiger partial charge in [-0.25, -0.2) is 4.98 Å². The van der Waals surface area contributed by atoms with E-state index in [1.807, 2.05) is 6.20 Å². The van der Waals surface area contributed by atoms with Gasteiger partial charge in [-0.1, -0.05) is 13.8 Å². The molecule has 128 valence electrons. The van der Waals surface area contributed by atoms with Crippen molar-refractivity contribution in [1.29, 1.82) is 0 Å². The second-order valence-electron chi connectivity index (χ2n) is 7.20. The molecule has 5 heteroatoms. The van der Waals surface area contributed by atoms with Crippen LogP contribution >= 0.6 is 0 Å². The Morgan fingerprint density at radius 2 is 2.00 bits per heavy atom. The van der Waals surface area contributed by atoms with E-state index < -0.39 is 0 Å². The molecule has 3 heterocycles. The fourth-order valence-electron chi connectivity index (χ4n) is 3.24. The predicted octanol–water partition coefficient (Wildman–Crippen LogP) is 2.54. The molecule has 2 aliphatic rings. The predicted molar refractivity (Wildman–Crippen MR) is 88.6 cm³/mol. The summed E-state index contributed by atoms with van der Waals surface area (Å²) in [5.41, 5.74) is 1.39. The van der Waals surface area contributed by atoms with Gasteiger partial charge >= 0.3 is 0 Å². The van der Waals surface area contributed by atoms with E-state index in [4.69, 9.17) is 14.2 Å². The summed E-state index contributed by atoms with van der Waals surface area (Å²) >= 11 is 0. The van der Waals surface area contributed by atoms with Crippen molar-refractivity contribution < 1.29 is 14.2 Å². The molecule has 0 aromatic carbocycles. The van der Waals surface area contributed by atoms with Gasteiger partial charge in [0.05, 0.1) is 19.8 Å². The van der Waals surface area contributed by atoms with Gasteiger partial charge in [0.25, 0.3) is 0 Å². The fourth-order valence-corrected chi connectivity index (χ4v) is 3.24. The number of aromatic nitrogens is 1. The van der Waals surface area contributed by atoms with Crippen molar-refractivity contribution in [3.63, 3.8) is 0 Å². The lowest BCUT2D eigenvalue weighted by Gasteiger charge is -2.39. The minimum Gasteiger partial charge on any atom is -0.474 e. The Kier molecular flexibility index (Phi) is 5.51. The SMILES string of the molecule is CC1(C)COCCC1NCc1ccnc(OC2CCOCC2)c1. The van der Waals surface area contributed by atoms with Gasteiger partial charge in [0, 0.05) is 49.7 Å². The van der Waals surface area contributed by atoms with Crippen molar-refractivity contribution in [2.75, 3.05) is 26.4 Å². The molecule has 23 heavy (non-hydrogen) atoms. The lowest BCUT2D eigenvalue weighted by Crippen LogP contribution is -2.48. The van der Waals surface area contributed by atoms with Crippen LogP contribution in [-0.4, -0.2) is 43.6 Å². The Bertz CT molecular complexity index is 501. The van der Waals surface area contributed by atoms with Crippen LogP contribution in [0.25, 0.3) is 0 Å². The van der Waals surface area contributed by atoms with Gasteiger partial charge in [0.1, 0.15) is 6.10 Å². The van der Waals surface area contributed by atoms with Gasteiger partial charge in [-0.05, 0) is 18.1 Å². The average Bonchev–Trinajstić information content (AvgIpc) is 2.55. The minimum absolute atomic E-state index is 0.173. The van der Waals surface area contributed by atoms with Crippen LogP contribution in [0.2, 0.25) is 0 Å². The molecule has 2 fully saturated rings. The van der Waals surface area contributed by atoms with E-state index >= 15 is 0 Å². The topological polar surface area (TPSA) is 52.6 Å². The van der Waals surface area contributed by atoms with Gasteiger partial charge in [-0.2, -0.15) is 0 Å². The Hall–Kier alpha value is -1.17. The number of hydrogen-bond acceptors (Lipinski definition) is 5. The summed E-state index contributed by atoms with van der Waals surface area (Å²) in [5, 5.41) is 3.68. The molecule has 0 bridgehead atoms. The Labute approximate surface area is 138 Å². The van der Waals surface area contributed by atoms with Gasteiger partial charge in [-0.15, -0.1) is 0 Å². The zero-order valence-electron chi connectivity index (χ0n) is 14.2. The van der Waals surface area contributed by atoms with Crippen LogP contribution in [0.4, 0.5) is 0 Å². The summed E-state index contributed by atoms with van der Waals surface area (Å²) in [6.45, 7) is 8.58. The number of nitrogens with one attached hydrogen (secondary N) is 1. The largest absolute Gasteiger partial charge is 0.474 e. The van der Waals surface area contributed by atoms with Gasteiger partial charge in [0.2, 0.25) is 5.88 Å². The zero-order valence-corrected chi connectivity index (χ0v) is 14.2. The molecule has 1 atom stereocenters. The lowest BCUT2D eigenvalue weighted by molar-refractivity contribution is -0.0135. The number of rotatable bonds is 5. The van der Waals surface area contributed by atoms with E-state index in [1.54, 1.807) is 0 Å². The summed E-state index contributed by atoms with van der Waals surface area (Å²) in [4.78, 5) is 4.35. The number of hydrogen-bond donors (Lipinski definition) is 1. The molecule has 5 nitrogen and oxygen atoms in total. The quantitative estimate of drug-likeness (QED) is 0.903. The highest BCUT2D eigenvalue weighted by atomic mass is 16.5. The zero-order chi connectivity index (χ0) is 16.1. The Morgan fingerprint density at radius 1 is 1.22 bits per heavy atom. The number of nitrogens with zero attached hydrogens (tertiary/aromatic N) is 1. The molecule has 0 saturated carbocycles.